The Morgan fingerprint density at radius 1 is 0.400 bits per heavy atom. The molecule has 0 saturated carbocycles. The van der Waals surface area contributed by atoms with Crippen molar-refractivity contribution in [1.29, 1.82) is 0 Å². The number of benzene rings is 9. The van der Waals surface area contributed by atoms with Crippen LogP contribution in [0.2, 0.25) is 0 Å². The van der Waals surface area contributed by atoms with Crippen molar-refractivity contribution in [1.82, 2.24) is 4.98 Å². The lowest BCUT2D eigenvalue weighted by atomic mass is 9.95. The van der Waals surface area contributed by atoms with Gasteiger partial charge in [0.05, 0.1) is 5.69 Å². The third kappa shape index (κ3) is 5.26. The van der Waals surface area contributed by atoms with Crippen molar-refractivity contribution in [3.8, 4) is 33.7 Å². The molecule has 2 aromatic heterocycles. The third-order valence-electron chi connectivity index (χ3n) is 10.7. The summed E-state index contributed by atoms with van der Waals surface area (Å²) in [4.78, 5) is 7.28. The Hall–Kier alpha value is -7.43. The molecular formula is C51H32N2O2. The number of anilines is 3. The molecule has 0 bridgehead atoms. The van der Waals surface area contributed by atoms with Crippen molar-refractivity contribution >= 4 is 71.6 Å². The number of hydrogen-bond acceptors (Lipinski definition) is 4. The topological polar surface area (TPSA) is 42.4 Å². The van der Waals surface area contributed by atoms with E-state index >= 15 is 0 Å². The van der Waals surface area contributed by atoms with Crippen LogP contribution in [0.4, 0.5) is 17.1 Å². The van der Waals surface area contributed by atoms with E-state index in [0.29, 0.717) is 5.89 Å². The van der Waals surface area contributed by atoms with Gasteiger partial charge in [0.15, 0.2) is 5.58 Å². The maximum atomic E-state index is 6.60. The van der Waals surface area contributed by atoms with Crippen molar-refractivity contribution in [3.63, 3.8) is 0 Å². The van der Waals surface area contributed by atoms with Gasteiger partial charge in [-0.2, -0.15) is 0 Å². The second kappa shape index (κ2) is 12.6. The Kier molecular flexibility index (Phi) is 7.14. The van der Waals surface area contributed by atoms with E-state index in [1.165, 1.54) is 0 Å². The number of hydrogen-bond donors (Lipinski definition) is 0. The molecule has 0 aliphatic heterocycles. The maximum absolute atomic E-state index is 6.60. The summed E-state index contributed by atoms with van der Waals surface area (Å²) in [5, 5.41) is 6.61. The zero-order chi connectivity index (χ0) is 36.3. The normalized spacial score (nSPS) is 11.6. The van der Waals surface area contributed by atoms with Crippen molar-refractivity contribution < 1.29 is 8.83 Å². The average molecular weight is 705 g/mol. The van der Waals surface area contributed by atoms with Crippen molar-refractivity contribution in [2.45, 2.75) is 0 Å². The summed E-state index contributed by atoms with van der Waals surface area (Å²) in [7, 11) is 0. The number of nitrogens with zero attached hydrogens (tertiary/aromatic N) is 2. The van der Waals surface area contributed by atoms with Crippen LogP contribution in [0.3, 0.4) is 0 Å². The predicted octanol–water partition coefficient (Wildman–Crippen LogP) is 14.5. The van der Waals surface area contributed by atoms with E-state index in [0.717, 1.165) is 99.5 Å². The maximum Gasteiger partial charge on any atom is 0.227 e. The van der Waals surface area contributed by atoms with Crippen molar-refractivity contribution in [2.24, 2.45) is 0 Å². The van der Waals surface area contributed by atoms with Gasteiger partial charge in [-0.25, -0.2) is 4.98 Å². The van der Waals surface area contributed by atoms with Crippen LogP contribution in [0.5, 0.6) is 0 Å². The molecule has 11 rings (SSSR count). The highest BCUT2D eigenvalue weighted by molar-refractivity contribution is 6.19. The minimum atomic E-state index is 0.617. The van der Waals surface area contributed by atoms with Crippen molar-refractivity contribution in [3.05, 3.63) is 194 Å². The van der Waals surface area contributed by atoms with Crippen molar-refractivity contribution in [2.75, 3.05) is 4.90 Å². The molecule has 11 aromatic rings. The molecular weight excluding hydrogens is 673 g/mol. The Morgan fingerprint density at radius 2 is 1.07 bits per heavy atom. The van der Waals surface area contributed by atoms with Gasteiger partial charge in [-0.05, 0) is 106 Å². The molecule has 0 unspecified atom stereocenters. The number of furan rings is 1. The predicted molar refractivity (Wildman–Crippen MR) is 227 cm³/mol. The molecule has 258 valence electrons. The fourth-order valence-corrected chi connectivity index (χ4v) is 8.02. The zero-order valence-corrected chi connectivity index (χ0v) is 29.7. The van der Waals surface area contributed by atoms with E-state index < -0.39 is 0 Å². The number of rotatable bonds is 6. The zero-order valence-electron chi connectivity index (χ0n) is 29.7. The number of aromatic nitrogens is 1. The first-order valence-electron chi connectivity index (χ1n) is 18.5. The molecule has 0 fully saturated rings. The second-order valence-corrected chi connectivity index (χ2v) is 13.9. The lowest BCUT2D eigenvalue weighted by Crippen LogP contribution is -2.11. The Bertz CT molecular complexity index is 3200. The molecule has 9 aromatic carbocycles. The Balaban J connectivity index is 1.15. The first kappa shape index (κ1) is 31.1. The summed E-state index contributed by atoms with van der Waals surface area (Å²) < 4.78 is 13.0. The summed E-state index contributed by atoms with van der Waals surface area (Å²) >= 11 is 0. The summed E-state index contributed by atoms with van der Waals surface area (Å²) in [5.41, 5.74) is 11.9. The largest absolute Gasteiger partial charge is 0.456 e. The number of oxazole rings is 1. The lowest BCUT2D eigenvalue weighted by Gasteiger charge is -2.28. The van der Waals surface area contributed by atoms with Gasteiger partial charge >= 0.3 is 0 Å². The highest BCUT2D eigenvalue weighted by Crippen LogP contribution is 2.45. The molecule has 0 saturated heterocycles. The molecule has 0 spiro atoms. The highest BCUT2D eigenvalue weighted by atomic mass is 16.3. The van der Waals surface area contributed by atoms with Crippen LogP contribution in [0.25, 0.3) is 88.3 Å². The Labute approximate surface area is 317 Å². The fourth-order valence-electron chi connectivity index (χ4n) is 8.02. The van der Waals surface area contributed by atoms with E-state index in [2.05, 4.69) is 157 Å². The first-order valence-corrected chi connectivity index (χ1v) is 18.5. The summed E-state index contributed by atoms with van der Waals surface area (Å²) in [5.74, 6) is 0.617. The molecule has 0 amide bonds. The smallest absolute Gasteiger partial charge is 0.227 e. The number of para-hydroxylation sites is 2. The van der Waals surface area contributed by atoms with Crippen LogP contribution in [0, 0.1) is 0 Å². The molecule has 4 heteroatoms. The van der Waals surface area contributed by atoms with E-state index in [-0.39, 0.29) is 0 Å². The van der Waals surface area contributed by atoms with Gasteiger partial charge in [-0.1, -0.05) is 121 Å². The lowest BCUT2D eigenvalue weighted by molar-refractivity contribution is 0.623. The van der Waals surface area contributed by atoms with E-state index in [1.54, 1.807) is 0 Å². The standard InChI is InChI=1S/C51H32N2O2/c1-4-12-33(13-5-1)37-25-29-46(43(30-37)38-23-27-42-41-18-10-11-19-47(41)54-48(42)31-38)53(39-16-8-3-9-17-39)40-26-22-34-20-21-35-24-28-45-50(49(35)44(34)32-40)55-51(52-45)36-14-6-2-7-15-36/h1-32H. The van der Waals surface area contributed by atoms with Gasteiger partial charge in [-0.15, -0.1) is 0 Å². The van der Waals surface area contributed by atoms with Crippen LogP contribution in [-0.2, 0) is 0 Å². The molecule has 0 radical (unpaired) electrons. The van der Waals surface area contributed by atoms with E-state index in [9.17, 15) is 0 Å². The minimum absolute atomic E-state index is 0.617. The van der Waals surface area contributed by atoms with Crippen LogP contribution in [0.15, 0.2) is 203 Å². The summed E-state index contributed by atoms with van der Waals surface area (Å²) in [6.07, 6.45) is 0. The summed E-state index contributed by atoms with van der Waals surface area (Å²) in [6, 6.07) is 68.2. The van der Waals surface area contributed by atoms with Gasteiger partial charge in [0.2, 0.25) is 5.89 Å². The molecule has 4 nitrogen and oxygen atoms in total. The first-order chi connectivity index (χ1) is 27.2. The van der Waals surface area contributed by atoms with Crippen LogP contribution < -0.4 is 4.90 Å². The van der Waals surface area contributed by atoms with Gasteiger partial charge in [0.25, 0.3) is 0 Å². The highest BCUT2D eigenvalue weighted by Gasteiger charge is 2.21. The number of fused-ring (bicyclic) bond motifs is 8. The quantitative estimate of drug-likeness (QED) is 0.162. The molecule has 0 aliphatic carbocycles. The van der Waals surface area contributed by atoms with Crippen LogP contribution in [-0.4, -0.2) is 4.98 Å². The van der Waals surface area contributed by atoms with Gasteiger partial charge in [-0.3, -0.25) is 0 Å². The van der Waals surface area contributed by atoms with Gasteiger partial charge < -0.3 is 13.7 Å². The minimum Gasteiger partial charge on any atom is -0.456 e. The summed E-state index contributed by atoms with van der Waals surface area (Å²) in [6.45, 7) is 0. The fraction of sp³-hybridized carbons (Fsp3) is 0. The third-order valence-corrected chi connectivity index (χ3v) is 10.7. The average Bonchev–Trinajstić information content (AvgIpc) is 3.87. The molecule has 0 atom stereocenters. The van der Waals surface area contributed by atoms with Crippen LogP contribution in [0.1, 0.15) is 0 Å². The van der Waals surface area contributed by atoms with E-state index in [4.69, 9.17) is 13.8 Å². The molecule has 2 heterocycles. The Morgan fingerprint density at radius 3 is 1.91 bits per heavy atom. The van der Waals surface area contributed by atoms with Crippen LogP contribution >= 0.6 is 0 Å². The SMILES string of the molecule is c1ccc(-c2ccc(N(c3ccccc3)c3ccc4ccc5ccc6nc(-c7ccccc7)oc6c5c4c3)c(-c3ccc4c(c3)oc3ccccc34)c2)cc1. The molecule has 0 N–H and O–H groups in total. The molecule has 55 heavy (non-hydrogen) atoms. The van der Waals surface area contributed by atoms with Gasteiger partial charge in [0, 0.05) is 38.7 Å². The van der Waals surface area contributed by atoms with Gasteiger partial charge in [0.1, 0.15) is 16.7 Å². The monoisotopic (exact) mass is 704 g/mol. The molecule has 0 aliphatic rings. The second-order valence-electron chi connectivity index (χ2n) is 13.9. The van der Waals surface area contributed by atoms with E-state index in [1.807, 2.05) is 42.5 Å².